The monoisotopic (exact) mass is 333 g/mol. The van der Waals surface area contributed by atoms with Gasteiger partial charge in [-0.2, -0.15) is 0 Å². The number of fused-ring (bicyclic) bond motifs is 2. The number of nitrogens with one attached hydrogen (secondary N) is 1. The molecule has 5 nitrogen and oxygen atoms in total. The van der Waals surface area contributed by atoms with Gasteiger partial charge in [-0.15, -0.1) is 0 Å². The lowest BCUT2D eigenvalue weighted by atomic mass is 9.88. The van der Waals surface area contributed by atoms with Gasteiger partial charge in [-0.25, -0.2) is 4.98 Å². The molecule has 2 aliphatic rings. The lowest BCUT2D eigenvalue weighted by molar-refractivity contribution is 0.0826. The number of rotatable bonds is 3. The number of nitrogens with zero attached hydrogens (tertiary/aromatic N) is 2. The Balaban J connectivity index is 1.51. The largest absolute Gasteiger partial charge is 0.379 e. The second-order valence-corrected chi connectivity index (χ2v) is 7.11. The van der Waals surface area contributed by atoms with Gasteiger partial charge in [-0.1, -0.05) is 18.2 Å². The molecule has 1 saturated carbocycles. The van der Waals surface area contributed by atoms with Gasteiger partial charge in [-0.3, -0.25) is 4.79 Å². The van der Waals surface area contributed by atoms with Crippen LogP contribution in [0.5, 0.6) is 0 Å². The number of hydrogen-bond acceptors (Lipinski definition) is 3. The third kappa shape index (κ3) is 2.35. The Labute approximate surface area is 145 Å². The van der Waals surface area contributed by atoms with Crippen LogP contribution in [0.4, 0.5) is 0 Å². The summed E-state index contributed by atoms with van der Waals surface area (Å²) in [6.07, 6.45) is 6.32. The van der Waals surface area contributed by atoms with Gasteiger partial charge < -0.3 is 15.0 Å². The fourth-order valence-electron chi connectivity index (χ4n) is 3.69. The van der Waals surface area contributed by atoms with Gasteiger partial charge >= 0.3 is 0 Å². The van der Waals surface area contributed by atoms with Crippen LogP contribution in [0.2, 0.25) is 0 Å². The maximum Gasteiger partial charge on any atom is 0.251 e. The third-order valence-electron chi connectivity index (χ3n) is 5.34. The minimum atomic E-state index is -0.993. The van der Waals surface area contributed by atoms with Crippen molar-refractivity contribution in [2.45, 2.75) is 37.5 Å². The number of aliphatic hydroxyl groups is 1. The smallest absolute Gasteiger partial charge is 0.251 e. The summed E-state index contributed by atoms with van der Waals surface area (Å²) in [7, 11) is 0. The van der Waals surface area contributed by atoms with Crippen molar-refractivity contribution < 1.29 is 9.90 Å². The predicted molar refractivity (Wildman–Crippen MR) is 94.3 cm³/mol. The Kier molecular flexibility index (Phi) is 3.03. The van der Waals surface area contributed by atoms with E-state index in [2.05, 4.69) is 10.3 Å². The van der Waals surface area contributed by atoms with Crippen LogP contribution >= 0.6 is 0 Å². The molecule has 3 aromatic rings. The van der Waals surface area contributed by atoms with E-state index in [0.717, 1.165) is 41.4 Å². The molecule has 1 fully saturated rings. The van der Waals surface area contributed by atoms with Crippen molar-refractivity contribution in [2.24, 2.45) is 0 Å². The number of aryl methyl sites for hydroxylation is 1. The van der Waals surface area contributed by atoms with E-state index in [1.807, 2.05) is 41.0 Å². The zero-order chi connectivity index (χ0) is 17.0. The highest BCUT2D eigenvalue weighted by atomic mass is 16.3. The second-order valence-electron chi connectivity index (χ2n) is 7.11. The first kappa shape index (κ1) is 14.7. The van der Waals surface area contributed by atoms with E-state index in [4.69, 9.17) is 0 Å². The molecular formula is C20H19N3O2. The minimum absolute atomic E-state index is 0.00759. The van der Waals surface area contributed by atoms with Crippen LogP contribution < -0.4 is 5.32 Å². The summed E-state index contributed by atoms with van der Waals surface area (Å²) >= 11 is 0. The molecule has 1 aliphatic heterocycles. The number of benzene rings is 2. The molecule has 126 valence electrons. The molecule has 0 spiro atoms. The summed E-state index contributed by atoms with van der Waals surface area (Å²) in [6, 6.07) is 12.0. The van der Waals surface area contributed by atoms with Gasteiger partial charge in [0.1, 0.15) is 5.60 Å². The Morgan fingerprint density at radius 2 is 2.00 bits per heavy atom. The Bertz CT molecular complexity index is 990. The van der Waals surface area contributed by atoms with Crippen molar-refractivity contribution in [2.75, 3.05) is 0 Å². The molecule has 0 bridgehead atoms. The van der Waals surface area contributed by atoms with Crippen LogP contribution in [0.15, 0.2) is 48.9 Å². The lowest BCUT2D eigenvalue weighted by Crippen LogP contribution is -2.25. The quantitative estimate of drug-likeness (QED) is 0.774. The molecule has 5 rings (SSSR count). The highest BCUT2D eigenvalue weighted by molar-refractivity contribution is 5.99. The highest BCUT2D eigenvalue weighted by Gasteiger charge is 2.39. The maximum atomic E-state index is 12.2. The summed E-state index contributed by atoms with van der Waals surface area (Å²) in [6.45, 7) is 0.768. The molecular weight excluding hydrogens is 314 g/mol. The fourth-order valence-corrected chi connectivity index (χ4v) is 3.69. The van der Waals surface area contributed by atoms with E-state index in [-0.39, 0.29) is 5.91 Å². The zero-order valence-electron chi connectivity index (χ0n) is 13.8. The summed E-state index contributed by atoms with van der Waals surface area (Å²) in [4.78, 5) is 16.4. The SMILES string of the molecule is O=C(NC1CC1)c1ccc2cc([C@@]3(O)CCn4cncc43)ccc2c1. The lowest BCUT2D eigenvalue weighted by Gasteiger charge is -2.23. The van der Waals surface area contributed by atoms with Gasteiger partial charge in [0.05, 0.1) is 18.2 Å². The molecule has 1 aromatic heterocycles. The fraction of sp³-hybridized carbons (Fsp3) is 0.300. The normalized spacial score (nSPS) is 22.1. The predicted octanol–water partition coefficient (Wildman–Crippen LogP) is 2.57. The molecule has 2 heterocycles. The van der Waals surface area contributed by atoms with E-state index in [1.165, 1.54) is 0 Å². The van der Waals surface area contributed by atoms with Gasteiger partial charge in [0.25, 0.3) is 5.91 Å². The van der Waals surface area contributed by atoms with E-state index in [9.17, 15) is 9.90 Å². The Hall–Kier alpha value is -2.66. The highest BCUT2D eigenvalue weighted by Crippen LogP contribution is 2.39. The van der Waals surface area contributed by atoms with Crippen molar-refractivity contribution >= 4 is 16.7 Å². The first-order valence-corrected chi connectivity index (χ1v) is 8.72. The van der Waals surface area contributed by atoms with Crippen LogP contribution in [0.25, 0.3) is 10.8 Å². The number of amides is 1. The van der Waals surface area contributed by atoms with Gasteiger partial charge in [0.15, 0.2) is 0 Å². The molecule has 1 amide bonds. The Morgan fingerprint density at radius 3 is 2.84 bits per heavy atom. The average molecular weight is 333 g/mol. The van der Waals surface area contributed by atoms with Crippen LogP contribution in [0, 0.1) is 0 Å². The van der Waals surface area contributed by atoms with E-state index >= 15 is 0 Å². The standard InChI is InChI=1S/C20H19N3O2/c24-19(22-17-5-6-17)15-2-1-14-10-16(4-3-13(14)9-15)20(25)7-8-23-12-21-11-18(20)23/h1-4,9-12,17,25H,5-8H2,(H,22,24)/t20-/m0/s1. The molecule has 2 aromatic carbocycles. The van der Waals surface area contributed by atoms with Crippen molar-refractivity contribution in [1.82, 2.24) is 14.9 Å². The van der Waals surface area contributed by atoms with Crippen LogP contribution in [-0.4, -0.2) is 26.6 Å². The summed E-state index contributed by atoms with van der Waals surface area (Å²) in [5.41, 5.74) is 1.40. The second kappa shape index (κ2) is 5.17. The number of imidazole rings is 1. The molecule has 1 atom stereocenters. The van der Waals surface area contributed by atoms with Crippen molar-refractivity contribution in [3.05, 3.63) is 65.7 Å². The van der Waals surface area contributed by atoms with Gasteiger partial charge in [0, 0.05) is 24.6 Å². The van der Waals surface area contributed by atoms with E-state index in [0.29, 0.717) is 18.0 Å². The van der Waals surface area contributed by atoms with Crippen LogP contribution in [0.3, 0.4) is 0 Å². The van der Waals surface area contributed by atoms with Crippen molar-refractivity contribution in [3.8, 4) is 0 Å². The number of carbonyl (C=O) groups is 1. The minimum Gasteiger partial charge on any atom is -0.379 e. The molecule has 0 radical (unpaired) electrons. The van der Waals surface area contributed by atoms with E-state index < -0.39 is 5.60 Å². The molecule has 0 saturated heterocycles. The summed E-state index contributed by atoms with van der Waals surface area (Å²) in [5.74, 6) is -0.00759. The first-order chi connectivity index (χ1) is 12.1. The molecule has 0 unspecified atom stereocenters. The van der Waals surface area contributed by atoms with E-state index in [1.54, 1.807) is 12.5 Å². The zero-order valence-corrected chi connectivity index (χ0v) is 13.8. The van der Waals surface area contributed by atoms with Crippen LogP contribution in [-0.2, 0) is 12.1 Å². The molecule has 1 aliphatic carbocycles. The maximum absolute atomic E-state index is 12.2. The first-order valence-electron chi connectivity index (χ1n) is 8.72. The third-order valence-corrected chi connectivity index (χ3v) is 5.34. The van der Waals surface area contributed by atoms with Gasteiger partial charge in [-0.05, 0) is 47.4 Å². The number of carbonyl (C=O) groups excluding carboxylic acids is 1. The van der Waals surface area contributed by atoms with Crippen molar-refractivity contribution in [3.63, 3.8) is 0 Å². The molecule has 25 heavy (non-hydrogen) atoms. The van der Waals surface area contributed by atoms with Crippen LogP contribution in [0.1, 0.15) is 40.9 Å². The molecule has 2 N–H and O–H groups in total. The Morgan fingerprint density at radius 1 is 1.20 bits per heavy atom. The summed E-state index contributed by atoms with van der Waals surface area (Å²) in [5, 5.41) is 16.2. The molecule has 5 heteroatoms. The topological polar surface area (TPSA) is 67.2 Å². The van der Waals surface area contributed by atoms with Crippen molar-refractivity contribution in [1.29, 1.82) is 0 Å². The van der Waals surface area contributed by atoms with Gasteiger partial charge in [0.2, 0.25) is 0 Å². The summed E-state index contributed by atoms with van der Waals surface area (Å²) < 4.78 is 2.00. The number of hydrogen-bond donors (Lipinski definition) is 2. The number of aromatic nitrogens is 2. The average Bonchev–Trinajstić information content (AvgIpc) is 3.20.